The van der Waals surface area contributed by atoms with Crippen molar-refractivity contribution < 1.29 is 9.90 Å². The molecule has 1 aliphatic carbocycles. The quantitative estimate of drug-likeness (QED) is 0.864. The van der Waals surface area contributed by atoms with Crippen molar-refractivity contribution in [3.63, 3.8) is 0 Å². The number of carbonyl (C=O) groups is 1. The third-order valence-electron chi connectivity index (χ3n) is 3.90. The minimum Gasteiger partial charge on any atom is -0.395 e. The Morgan fingerprint density at radius 1 is 1.38 bits per heavy atom. The van der Waals surface area contributed by atoms with Crippen molar-refractivity contribution in [1.82, 2.24) is 4.90 Å². The first kappa shape index (κ1) is 15.6. The van der Waals surface area contributed by atoms with Crippen molar-refractivity contribution in [1.29, 1.82) is 0 Å². The Kier molecular flexibility index (Phi) is 5.41. The number of rotatable bonds is 4. The monoisotopic (exact) mass is 285 g/mol. The van der Waals surface area contributed by atoms with Crippen molar-refractivity contribution in [2.45, 2.75) is 32.6 Å². The van der Waals surface area contributed by atoms with E-state index < -0.39 is 0 Å². The largest absolute Gasteiger partial charge is 0.395 e. The predicted molar refractivity (Wildman–Crippen MR) is 84.1 cm³/mol. The Morgan fingerprint density at radius 2 is 2.14 bits per heavy atom. The van der Waals surface area contributed by atoms with Crippen molar-refractivity contribution >= 4 is 5.91 Å². The summed E-state index contributed by atoms with van der Waals surface area (Å²) < 4.78 is 0. The molecule has 0 atom stereocenters. The molecule has 1 aromatic carbocycles. The molecular formula is C18H23NO2. The van der Waals surface area contributed by atoms with E-state index in [0.29, 0.717) is 17.9 Å². The van der Waals surface area contributed by atoms with E-state index in [9.17, 15) is 4.79 Å². The third-order valence-corrected chi connectivity index (χ3v) is 3.90. The first-order valence-electron chi connectivity index (χ1n) is 7.57. The number of aryl methyl sites for hydroxylation is 1. The molecule has 0 aromatic heterocycles. The summed E-state index contributed by atoms with van der Waals surface area (Å²) in [6, 6.07) is 5.72. The highest BCUT2D eigenvalue weighted by atomic mass is 16.2. The van der Waals surface area contributed by atoms with Crippen molar-refractivity contribution in [2.24, 2.45) is 5.92 Å². The fraction of sp³-hybridized carbons (Fsp3) is 0.500. The molecule has 2 rings (SSSR count). The van der Waals surface area contributed by atoms with E-state index in [1.807, 2.05) is 37.1 Å². The Hall–Kier alpha value is -1.79. The van der Waals surface area contributed by atoms with Gasteiger partial charge in [0.25, 0.3) is 5.91 Å². The first-order valence-corrected chi connectivity index (χ1v) is 7.57. The van der Waals surface area contributed by atoms with Crippen LogP contribution in [0.4, 0.5) is 0 Å². The molecule has 1 aromatic rings. The molecule has 0 heterocycles. The van der Waals surface area contributed by atoms with Gasteiger partial charge in [0.1, 0.15) is 0 Å². The molecule has 112 valence electrons. The van der Waals surface area contributed by atoms with E-state index in [1.54, 1.807) is 0 Å². The lowest BCUT2D eigenvalue weighted by molar-refractivity contribution is 0.0745. The van der Waals surface area contributed by atoms with Gasteiger partial charge in [-0.3, -0.25) is 4.79 Å². The molecule has 1 N–H and O–H groups in total. The average Bonchev–Trinajstić information content (AvgIpc) is 2.41. The van der Waals surface area contributed by atoms with Crippen LogP contribution in [0.1, 0.15) is 47.2 Å². The summed E-state index contributed by atoms with van der Waals surface area (Å²) in [5.41, 5.74) is 2.57. The average molecular weight is 285 g/mol. The molecular weight excluding hydrogens is 262 g/mol. The van der Waals surface area contributed by atoms with Gasteiger partial charge in [0.2, 0.25) is 0 Å². The molecule has 0 bridgehead atoms. The molecule has 0 saturated heterocycles. The smallest absolute Gasteiger partial charge is 0.253 e. The second kappa shape index (κ2) is 7.28. The van der Waals surface area contributed by atoms with E-state index in [4.69, 9.17) is 5.11 Å². The zero-order valence-corrected chi connectivity index (χ0v) is 12.9. The minimum absolute atomic E-state index is 0.0642. The minimum atomic E-state index is 0.0642. The molecule has 1 aliphatic rings. The van der Waals surface area contributed by atoms with Gasteiger partial charge >= 0.3 is 0 Å². The van der Waals surface area contributed by atoms with Gasteiger partial charge in [-0.05, 0) is 49.4 Å². The number of benzene rings is 1. The zero-order valence-electron chi connectivity index (χ0n) is 12.9. The van der Waals surface area contributed by atoms with Crippen molar-refractivity contribution in [3.05, 3.63) is 34.9 Å². The van der Waals surface area contributed by atoms with Gasteiger partial charge < -0.3 is 10.0 Å². The van der Waals surface area contributed by atoms with E-state index in [-0.39, 0.29) is 12.5 Å². The van der Waals surface area contributed by atoms with E-state index in [0.717, 1.165) is 17.7 Å². The second-order valence-electron chi connectivity index (χ2n) is 5.85. The van der Waals surface area contributed by atoms with Crippen molar-refractivity contribution in [3.8, 4) is 11.8 Å². The standard InChI is InChI=1S/C18H23NO2/c1-14-10-16(6-3-4-9-20)12-17(11-14)18(21)19(2)13-15-7-5-8-15/h10-12,15,20H,4-5,7-9,13H2,1-2H3. The maximum atomic E-state index is 12.5. The summed E-state index contributed by atoms with van der Waals surface area (Å²) in [4.78, 5) is 14.3. The number of hydrogen-bond donors (Lipinski definition) is 1. The maximum absolute atomic E-state index is 12.5. The topological polar surface area (TPSA) is 40.5 Å². The molecule has 0 aliphatic heterocycles. The highest BCUT2D eigenvalue weighted by molar-refractivity contribution is 5.94. The fourth-order valence-corrected chi connectivity index (χ4v) is 2.57. The van der Waals surface area contributed by atoms with Crippen LogP contribution in [-0.4, -0.2) is 36.1 Å². The molecule has 0 unspecified atom stereocenters. The number of amides is 1. The lowest BCUT2D eigenvalue weighted by Crippen LogP contribution is -2.34. The van der Waals surface area contributed by atoms with Crippen LogP contribution in [0.2, 0.25) is 0 Å². The molecule has 1 amide bonds. The van der Waals surface area contributed by atoms with Crippen LogP contribution < -0.4 is 0 Å². The zero-order chi connectivity index (χ0) is 15.2. The second-order valence-corrected chi connectivity index (χ2v) is 5.85. The third kappa shape index (κ3) is 4.34. The van der Waals surface area contributed by atoms with Crippen LogP contribution in [-0.2, 0) is 0 Å². The van der Waals surface area contributed by atoms with Crippen LogP contribution in [0, 0.1) is 24.7 Å². The summed E-state index contributed by atoms with van der Waals surface area (Å²) in [5, 5.41) is 8.76. The normalized spacial score (nSPS) is 14.0. The molecule has 0 radical (unpaired) electrons. The van der Waals surface area contributed by atoms with E-state index >= 15 is 0 Å². The first-order chi connectivity index (χ1) is 10.1. The van der Waals surface area contributed by atoms with Gasteiger partial charge in [0, 0.05) is 31.1 Å². The Labute approximate surface area is 127 Å². The Morgan fingerprint density at radius 3 is 2.76 bits per heavy atom. The summed E-state index contributed by atoms with van der Waals surface area (Å²) in [5.74, 6) is 6.64. The SMILES string of the molecule is Cc1cc(C#CCCO)cc(C(=O)N(C)CC2CCC2)c1. The molecule has 1 fully saturated rings. The number of aliphatic hydroxyl groups excluding tert-OH is 1. The summed E-state index contributed by atoms with van der Waals surface area (Å²) in [6.07, 6.45) is 4.23. The highest BCUT2D eigenvalue weighted by Crippen LogP contribution is 2.27. The van der Waals surface area contributed by atoms with E-state index in [1.165, 1.54) is 19.3 Å². The number of carbonyl (C=O) groups excluding carboxylic acids is 1. The van der Waals surface area contributed by atoms with Crippen LogP contribution in [0.5, 0.6) is 0 Å². The molecule has 3 nitrogen and oxygen atoms in total. The highest BCUT2D eigenvalue weighted by Gasteiger charge is 2.22. The van der Waals surface area contributed by atoms with Gasteiger partial charge in [-0.2, -0.15) is 0 Å². The van der Waals surface area contributed by atoms with Crippen LogP contribution in [0.3, 0.4) is 0 Å². The summed E-state index contributed by atoms with van der Waals surface area (Å²) >= 11 is 0. The van der Waals surface area contributed by atoms with Gasteiger partial charge in [-0.25, -0.2) is 0 Å². The van der Waals surface area contributed by atoms with Crippen LogP contribution >= 0.6 is 0 Å². The lowest BCUT2D eigenvalue weighted by Gasteiger charge is -2.30. The number of nitrogens with zero attached hydrogens (tertiary/aromatic N) is 1. The Balaban J connectivity index is 2.10. The van der Waals surface area contributed by atoms with Gasteiger partial charge in [0.15, 0.2) is 0 Å². The molecule has 1 saturated carbocycles. The number of aliphatic hydroxyl groups is 1. The fourth-order valence-electron chi connectivity index (χ4n) is 2.57. The van der Waals surface area contributed by atoms with Crippen LogP contribution in [0.15, 0.2) is 18.2 Å². The molecule has 3 heteroatoms. The van der Waals surface area contributed by atoms with Gasteiger partial charge in [-0.15, -0.1) is 0 Å². The van der Waals surface area contributed by atoms with Crippen molar-refractivity contribution in [2.75, 3.05) is 20.2 Å². The van der Waals surface area contributed by atoms with Gasteiger partial charge in [-0.1, -0.05) is 18.3 Å². The summed E-state index contributed by atoms with van der Waals surface area (Å²) in [6.45, 7) is 2.88. The number of hydrogen-bond acceptors (Lipinski definition) is 2. The van der Waals surface area contributed by atoms with E-state index in [2.05, 4.69) is 11.8 Å². The molecule has 21 heavy (non-hydrogen) atoms. The van der Waals surface area contributed by atoms with Gasteiger partial charge in [0.05, 0.1) is 6.61 Å². The van der Waals surface area contributed by atoms with Crippen LogP contribution in [0.25, 0.3) is 0 Å². The predicted octanol–water partition coefficient (Wildman–Crippen LogP) is 2.60. The lowest BCUT2D eigenvalue weighted by atomic mass is 9.85. The Bertz CT molecular complexity index is 564. The molecule has 0 spiro atoms. The summed E-state index contributed by atoms with van der Waals surface area (Å²) in [7, 11) is 1.88. The maximum Gasteiger partial charge on any atom is 0.253 e.